The molecule has 1 N–H and O–H groups in total. The molecule has 0 aliphatic rings. The Balaban J connectivity index is 4.53. The third kappa shape index (κ3) is 4.45. The van der Waals surface area contributed by atoms with Gasteiger partial charge >= 0.3 is 0 Å². The number of oxime groups is 1. The van der Waals surface area contributed by atoms with Crippen molar-refractivity contribution in [1.82, 2.24) is 0 Å². The van der Waals surface area contributed by atoms with Crippen molar-refractivity contribution in [2.45, 2.75) is 40.0 Å². The van der Waals surface area contributed by atoms with E-state index in [9.17, 15) is 0 Å². The van der Waals surface area contributed by atoms with Gasteiger partial charge in [-0.05, 0) is 19.8 Å². The fourth-order valence-corrected chi connectivity index (χ4v) is 1.02. The average Bonchev–Trinajstić information content (AvgIpc) is 2.17. The summed E-state index contributed by atoms with van der Waals surface area (Å²) in [4.78, 5) is 4.20. The number of allylic oxidation sites excluding steroid dienone is 1. The maximum atomic E-state index is 8.74. The van der Waals surface area contributed by atoms with Crippen LogP contribution in [0.1, 0.15) is 40.0 Å². The second kappa shape index (κ2) is 7.53. The second-order valence-electron chi connectivity index (χ2n) is 2.71. The van der Waals surface area contributed by atoms with Gasteiger partial charge in [0.25, 0.3) is 0 Å². The van der Waals surface area contributed by atoms with E-state index in [1.807, 2.05) is 26.8 Å². The summed E-state index contributed by atoms with van der Waals surface area (Å²) in [5.74, 6) is 0. The van der Waals surface area contributed by atoms with Crippen molar-refractivity contribution in [3.8, 4) is 0 Å². The molecule has 3 nitrogen and oxygen atoms in total. The lowest BCUT2D eigenvalue weighted by Gasteiger charge is -2.02. The van der Waals surface area contributed by atoms with Crippen molar-refractivity contribution in [1.29, 1.82) is 0 Å². The molecule has 0 atom stereocenters. The molecule has 0 aromatic carbocycles. The summed E-state index contributed by atoms with van der Waals surface area (Å²) in [6.07, 6.45) is 6.12. The summed E-state index contributed by atoms with van der Waals surface area (Å²) in [5, 5.41) is 12.0. The predicted octanol–water partition coefficient (Wildman–Crippen LogP) is 3.00. The van der Waals surface area contributed by atoms with Crippen LogP contribution in [-0.2, 0) is 0 Å². The zero-order valence-electron chi connectivity index (χ0n) is 8.62. The maximum Gasteiger partial charge on any atom is 0.101 e. The van der Waals surface area contributed by atoms with Crippen LogP contribution in [0.4, 0.5) is 0 Å². The smallest absolute Gasteiger partial charge is 0.101 e. The number of hydrogen-bond donors (Lipinski definition) is 1. The zero-order chi connectivity index (χ0) is 10.1. The van der Waals surface area contributed by atoms with E-state index in [-0.39, 0.29) is 0 Å². The molecule has 0 unspecified atom stereocenters. The first-order chi connectivity index (χ1) is 6.29. The monoisotopic (exact) mass is 182 g/mol. The summed E-state index contributed by atoms with van der Waals surface area (Å²) >= 11 is 0. The molecule has 74 valence electrons. The standard InChI is InChI=1S/C10H18N2O/c1-4-7-10(12-13)9(6-3)11-8-5-2/h5,8,13H,4,6-7H2,1-3H3/b8-5+,11-9+,12-10+. The molecule has 0 radical (unpaired) electrons. The Kier molecular flexibility index (Phi) is 6.88. The minimum absolute atomic E-state index is 0.697. The molecule has 0 spiro atoms. The van der Waals surface area contributed by atoms with Crippen LogP contribution in [0.2, 0.25) is 0 Å². The fourth-order valence-electron chi connectivity index (χ4n) is 1.02. The lowest BCUT2D eigenvalue weighted by atomic mass is 10.1. The van der Waals surface area contributed by atoms with Gasteiger partial charge in [0.1, 0.15) is 5.71 Å². The van der Waals surface area contributed by atoms with Crippen molar-refractivity contribution in [3.05, 3.63) is 12.3 Å². The summed E-state index contributed by atoms with van der Waals surface area (Å²) in [6, 6.07) is 0. The molecular formula is C10H18N2O. The minimum Gasteiger partial charge on any atom is -0.411 e. The third-order valence-electron chi connectivity index (χ3n) is 1.65. The van der Waals surface area contributed by atoms with Crippen LogP contribution in [0.15, 0.2) is 22.4 Å². The molecular weight excluding hydrogens is 164 g/mol. The van der Waals surface area contributed by atoms with Crippen molar-refractivity contribution in [3.63, 3.8) is 0 Å². The van der Waals surface area contributed by atoms with E-state index in [0.29, 0.717) is 5.71 Å². The summed E-state index contributed by atoms with van der Waals surface area (Å²) in [5.41, 5.74) is 1.56. The van der Waals surface area contributed by atoms with Crippen LogP contribution in [-0.4, -0.2) is 16.6 Å². The van der Waals surface area contributed by atoms with Crippen molar-refractivity contribution in [2.75, 3.05) is 0 Å². The Morgan fingerprint density at radius 1 is 1.31 bits per heavy atom. The van der Waals surface area contributed by atoms with E-state index >= 15 is 0 Å². The number of hydrogen-bond acceptors (Lipinski definition) is 3. The lowest BCUT2D eigenvalue weighted by Crippen LogP contribution is -2.12. The van der Waals surface area contributed by atoms with E-state index in [1.165, 1.54) is 0 Å². The minimum atomic E-state index is 0.697. The van der Waals surface area contributed by atoms with Gasteiger partial charge in [-0.3, -0.25) is 4.99 Å². The van der Waals surface area contributed by atoms with Crippen LogP contribution in [0.3, 0.4) is 0 Å². The molecule has 0 aliphatic heterocycles. The van der Waals surface area contributed by atoms with Crippen LogP contribution in [0.25, 0.3) is 0 Å². The van der Waals surface area contributed by atoms with Crippen molar-refractivity contribution < 1.29 is 5.21 Å². The Hall–Kier alpha value is -1.12. The molecule has 0 fully saturated rings. The van der Waals surface area contributed by atoms with E-state index < -0.39 is 0 Å². The van der Waals surface area contributed by atoms with Crippen molar-refractivity contribution >= 4 is 11.4 Å². The largest absolute Gasteiger partial charge is 0.411 e. The highest BCUT2D eigenvalue weighted by atomic mass is 16.4. The van der Waals surface area contributed by atoms with Gasteiger partial charge in [-0.15, -0.1) is 0 Å². The highest BCUT2D eigenvalue weighted by Crippen LogP contribution is 1.99. The lowest BCUT2D eigenvalue weighted by molar-refractivity contribution is 0.318. The van der Waals surface area contributed by atoms with Gasteiger partial charge in [0.15, 0.2) is 0 Å². The summed E-state index contributed by atoms with van der Waals surface area (Å²) < 4.78 is 0. The average molecular weight is 182 g/mol. The molecule has 0 aliphatic carbocycles. The molecule has 0 heterocycles. The van der Waals surface area contributed by atoms with Gasteiger partial charge in [0, 0.05) is 6.20 Å². The van der Waals surface area contributed by atoms with Crippen molar-refractivity contribution in [2.24, 2.45) is 10.1 Å². The zero-order valence-corrected chi connectivity index (χ0v) is 8.62. The van der Waals surface area contributed by atoms with Gasteiger partial charge < -0.3 is 5.21 Å². The number of aliphatic imine (C=N–C) groups is 1. The van der Waals surface area contributed by atoms with E-state index in [2.05, 4.69) is 10.1 Å². The Morgan fingerprint density at radius 3 is 2.38 bits per heavy atom. The van der Waals surface area contributed by atoms with Gasteiger partial charge in [0.2, 0.25) is 0 Å². The number of rotatable bonds is 5. The Morgan fingerprint density at radius 2 is 2.00 bits per heavy atom. The van der Waals surface area contributed by atoms with E-state index in [0.717, 1.165) is 25.0 Å². The Labute approximate surface area is 79.9 Å². The molecule has 0 aromatic heterocycles. The first kappa shape index (κ1) is 11.9. The molecule has 0 saturated heterocycles. The molecule has 13 heavy (non-hydrogen) atoms. The summed E-state index contributed by atoms with van der Waals surface area (Å²) in [7, 11) is 0. The second-order valence-corrected chi connectivity index (χ2v) is 2.71. The quantitative estimate of drug-likeness (QED) is 0.396. The first-order valence-corrected chi connectivity index (χ1v) is 4.69. The van der Waals surface area contributed by atoms with Crippen LogP contribution in [0, 0.1) is 0 Å². The fraction of sp³-hybridized carbons (Fsp3) is 0.600. The number of nitrogens with zero attached hydrogens (tertiary/aromatic N) is 2. The predicted molar refractivity (Wildman–Crippen MR) is 56.7 cm³/mol. The highest BCUT2D eigenvalue weighted by Gasteiger charge is 2.05. The third-order valence-corrected chi connectivity index (χ3v) is 1.65. The normalized spacial score (nSPS) is 14.1. The SMILES string of the molecule is C/C=C/N=C(CC)/C(CCC)=N/O. The molecule has 0 aromatic rings. The van der Waals surface area contributed by atoms with Gasteiger partial charge in [-0.25, -0.2) is 0 Å². The van der Waals surface area contributed by atoms with Crippen LogP contribution in [0.5, 0.6) is 0 Å². The van der Waals surface area contributed by atoms with Gasteiger partial charge in [-0.2, -0.15) is 0 Å². The Bertz CT molecular complexity index is 217. The molecule has 0 amide bonds. The van der Waals surface area contributed by atoms with Crippen LogP contribution < -0.4 is 0 Å². The van der Waals surface area contributed by atoms with Crippen LogP contribution >= 0.6 is 0 Å². The molecule has 0 saturated carbocycles. The molecule has 0 bridgehead atoms. The molecule has 3 heteroatoms. The summed E-state index contributed by atoms with van der Waals surface area (Å²) in [6.45, 7) is 5.96. The molecule has 0 rings (SSSR count). The van der Waals surface area contributed by atoms with E-state index in [4.69, 9.17) is 5.21 Å². The topological polar surface area (TPSA) is 45.0 Å². The first-order valence-electron chi connectivity index (χ1n) is 4.69. The van der Waals surface area contributed by atoms with Gasteiger partial charge in [0.05, 0.1) is 5.71 Å². The van der Waals surface area contributed by atoms with Gasteiger partial charge in [-0.1, -0.05) is 31.5 Å². The van der Waals surface area contributed by atoms with E-state index in [1.54, 1.807) is 6.20 Å². The maximum absolute atomic E-state index is 8.74. The highest BCUT2D eigenvalue weighted by molar-refractivity contribution is 6.42.